The molecule has 5 nitrogen and oxygen atoms in total. The van der Waals surface area contributed by atoms with Gasteiger partial charge >= 0.3 is 0 Å². The van der Waals surface area contributed by atoms with Crippen molar-refractivity contribution in [2.45, 2.75) is 50.2 Å². The molecule has 1 aromatic carbocycles. The summed E-state index contributed by atoms with van der Waals surface area (Å²) in [5.41, 5.74) is -1.27. The van der Waals surface area contributed by atoms with Gasteiger partial charge in [-0.05, 0) is 51.5 Å². The monoisotopic (exact) mass is 299 g/mol. The molecule has 0 radical (unpaired) electrons. The summed E-state index contributed by atoms with van der Waals surface area (Å²) in [4.78, 5) is 0.194. The van der Waals surface area contributed by atoms with Crippen molar-refractivity contribution in [3.63, 3.8) is 0 Å². The van der Waals surface area contributed by atoms with Crippen LogP contribution in [0.4, 0.5) is 0 Å². The van der Waals surface area contributed by atoms with Crippen molar-refractivity contribution in [3.05, 3.63) is 23.8 Å². The van der Waals surface area contributed by atoms with E-state index in [1.165, 1.54) is 6.07 Å². The van der Waals surface area contributed by atoms with Crippen molar-refractivity contribution in [3.8, 4) is 5.75 Å². The lowest BCUT2D eigenvalue weighted by Crippen LogP contribution is -2.57. The molecule has 0 spiro atoms. The van der Waals surface area contributed by atoms with Crippen LogP contribution in [0.1, 0.15) is 33.3 Å². The van der Waals surface area contributed by atoms with Gasteiger partial charge in [0.2, 0.25) is 10.0 Å². The molecule has 0 aliphatic carbocycles. The van der Waals surface area contributed by atoms with Crippen molar-refractivity contribution in [1.29, 1.82) is 0 Å². The zero-order chi connectivity index (χ0) is 15.2. The van der Waals surface area contributed by atoms with E-state index in [9.17, 15) is 13.5 Å². The minimum absolute atomic E-state index is 0.194. The molecule has 1 aliphatic heterocycles. The Labute approximate surface area is 120 Å². The average molecular weight is 299 g/mol. The number of sulfonamides is 1. The zero-order valence-electron chi connectivity index (χ0n) is 12.2. The van der Waals surface area contributed by atoms with Gasteiger partial charge in [0, 0.05) is 6.42 Å². The number of fused-ring (bicyclic) bond motifs is 1. The molecule has 0 unspecified atom stereocenters. The van der Waals surface area contributed by atoms with E-state index in [1.807, 2.05) is 0 Å². The van der Waals surface area contributed by atoms with E-state index in [4.69, 9.17) is 4.74 Å². The Morgan fingerprint density at radius 2 is 1.90 bits per heavy atom. The van der Waals surface area contributed by atoms with Crippen LogP contribution < -0.4 is 9.46 Å². The van der Waals surface area contributed by atoms with Crippen LogP contribution in [0.2, 0.25) is 0 Å². The molecule has 0 bridgehead atoms. The molecule has 20 heavy (non-hydrogen) atoms. The van der Waals surface area contributed by atoms with Crippen LogP contribution >= 0.6 is 0 Å². The average Bonchev–Trinajstić information content (AvgIpc) is 2.72. The van der Waals surface area contributed by atoms with Crippen molar-refractivity contribution < 1.29 is 18.3 Å². The number of benzene rings is 1. The van der Waals surface area contributed by atoms with Gasteiger partial charge in [0.25, 0.3) is 0 Å². The fourth-order valence-electron chi connectivity index (χ4n) is 1.85. The second-order valence-electron chi connectivity index (χ2n) is 6.16. The maximum absolute atomic E-state index is 12.4. The highest BCUT2D eigenvalue weighted by Gasteiger charge is 2.39. The van der Waals surface area contributed by atoms with Gasteiger partial charge in [-0.25, -0.2) is 13.1 Å². The van der Waals surface area contributed by atoms with E-state index in [1.54, 1.807) is 39.8 Å². The zero-order valence-corrected chi connectivity index (χ0v) is 13.0. The fourth-order valence-corrected chi connectivity index (χ4v) is 3.43. The van der Waals surface area contributed by atoms with Crippen LogP contribution in [-0.4, -0.2) is 31.3 Å². The number of rotatable bonds is 4. The van der Waals surface area contributed by atoms with Crippen molar-refractivity contribution in [2.24, 2.45) is 0 Å². The molecule has 1 aromatic rings. The van der Waals surface area contributed by atoms with Gasteiger partial charge in [-0.1, -0.05) is 0 Å². The number of hydrogen-bond donors (Lipinski definition) is 2. The number of nitrogens with one attached hydrogen (secondary N) is 1. The number of aliphatic hydroxyl groups is 1. The summed E-state index contributed by atoms with van der Waals surface area (Å²) in [6.45, 7) is 7.04. The van der Waals surface area contributed by atoms with Crippen LogP contribution in [0.3, 0.4) is 0 Å². The number of hydrogen-bond acceptors (Lipinski definition) is 4. The summed E-state index contributed by atoms with van der Waals surface area (Å²) < 4.78 is 32.8. The van der Waals surface area contributed by atoms with Gasteiger partial charge < -0.3 is 9.84 Å². The van der Waals surface area contributed by atoms with Crippen LogP contribution in [0, 0.1) is 0 Å². The highest BCUT2D eigenvalue weighted by Crippen LogP contribution is 2.29. The first-order valence-electron chi connectivity index (χ1n) is 6.55. The molecule has 2 N–H and O–H groups in total. The van der Waals surface area contributed by atoms with E-state index >= 15 is 0 Å². The van der Waals surface area contributed by atoms with Crippen LogP contribution in [-0.2, 0) is 16.4 Å². The summed E-state index contributed by atoms with van der Waals surface area (Å²) in [6, 6.07) is 4.83. The molecular weight excluding hydrogens is 278 g/mol. The van der Waals surface area contributed by atoms with Crippen molar-refractivity contribution in [2.75, 3.05) is 6.61 Å². The van der Waals surface area contributed by atoms with Gasteiger partial charge in [0.05, 0.1) is 22.6 Å². The first-order chi connectivity index (χ1) is 9.03. The molecule has 2 rings (SSSR count). The second-order valence-corrected chi connectivity index (χ2v) is 7.84. The smallest absolute Gasteiger partial charge is 0.241 e. The third-order valence-electron chi connectivity index (χ3n) is 3.89. The quantitative estimate of drug-likeness (QED) is 0.882. The van der Waals surface area contributed by atoms with Crippen molar-refractivity contribution >= 4 is 10.0 Å². The lowest BCUT2D eigenvalue weighted by molar-refractivity contribution is 0.00639. The fraction of sp³-hybridized carbons (Fsp3) is 0.571. The predicted octanol–water partition coefficient (Wildman–Crippen LogP) is 1.45. The second kappa shape index (κ2) is 4.72. The Hall–Kier alpha value is -1.11. The Balaban J connectivity index is 2.32. The molecule has 0 aromatic heterocycles. The molecule has 0 amide bonds. The van der Waals surface area contributed by atoms with Crippen LogP contribution in [0.15, 0.2) is 23.1 Å². The molecule has 0 saturated heterocycles. The highest BCUT2D eigenvalue weighted by molar-refractivity contribution is 7.89. The highest BCUT2D eigenvalue weighted by atomic mass is 32.2. The summed E-state index contributed by atoms with van der Waals surface area (Å²) >= 11 is 0. The van der Waals surface area contributed by atoms with Gasteiger partial charge in [-0.3, -0.25) is 0 Å². The van der Waals surface area contributed by atoms with Gasteiger partial charge in [-0.15, -0.1) is 0 Å². The largest absolute Gasteiger partial charge is 0.493 e. The lowest BCUT2D eigenvalue weighted by atomic mass is 9.87. The van der Waals surface area contributed by atoms with Gasteiger partial charge in [0.1, 0.15) is 5.75 Å². The van der Waals surface area contributed by atoms with E-state index in [0.717, 1.165) is 11.3 Å². The summed E-state index contributed by atoms with van der Waals surface area (Å²) in [5, 5.41) is 10.1. The number of ether oxygens (including phenoxy) is 1. The van der Waals surface area contributed by atoms with E-state index in [-0.39, 0.29) is 4.90 Å². The summed E-state index contributed by atoms with van der Waals surface area (Å²) in [7, 11) is -3.69. The Morgan fingerprint density at radius 3 is 2.50 bits per heavy atom. The standard InChI is InChI=1S/C14H21NO4S/c1-13(2,14(3,4)16)15-20(17,18)11-5-6-12-10(9-11)7-8-19-12/h5-6,9,15-16H,7-8H2,1-4H3. The molecular formula is C14H21NO4S. The summed E-state index contributed by atoms with van der Waals surface area (Å²) in [5.74, 6) is 0.741. The van der Waals surface area contributed by atoms with E-state index < -0.39 is 21.2 Å². The molecule has 6 heteroatoms. The maximum atomic E-state index is 12.4. The van der Waals surface area contributed by atoms with E-state index in [0.29, 0.717) is 13.0 Å². The van der Waals surface area contributed by atoms with Gasteiger partial charge in [-0.2, -0.15) is 0 Å². The molecule has 1 heterocycles. The van der Waals surface area contributed by atoms with E-state index in [2.05, 4.69) is 4.72 Å². The minimum atomic E-state index is -3.69. The Morgan fingerprint density at radius 1 is 1.25 bits per heavy atom. The molecule has 0 fully saturated rings. The Bertz CT molecular complexity index is 615. The predicted molar refractivity (Wildman–Crippen MR) is 76.3 cm³/mol. The molecule has 0 saturated carbocycles. The van der Waals surface area contributed by atoms with Crippen LogP contribution in [0.25, 0.3) is 0 Å². The first-order valence-corrected chi connectivity index (χ1v) is 8.03. The normalized spacial score (nSPS) is 15.8. The third-order valence-corrected chi connectivity index (χ3v) is 5.54. The SMILES string of the molecule is CC(C)(O)C(C)(C)NS(=O)(=O)c1ccc2c(c1)CCO2. The van der Waals surface area contributed by atoms with Crippen LogP contribution in [0.5, 0.6) is 5.75 Å². The third kappa shape index (κ3) is 2.82. The lowest BCUT2D eigenvalue weighted by Gasteiger charge is -2.37. The molecule has 112 valence electrons. The maximum Gasteiger partial charge on any atom is 0.241 e. The first kappa shape index (κ1) is 15.3. The summed E-state index contributed by atoms with van der Waals surface area (Å²) in [6.07, 6.45) is 0.716. The molecule has 0 atom stereocenters. The topological polar surface area (TPSA) is 75.6 Å². The van der Waals surface area contributed by atoms with Gasteiger partial charge in [0.15, 0.2) is 0 Å². The molecule has 1 aliphatic rings. The Kier molecular flexibility index (Phi) is 3.60. The van der Waals surface area contributed by atoms with Crippen molar-refractivity contribution in [1.82, 2.24) is 4.72 Å². The minimum Gasteiger partial charge on any atom is -0.493 e.